The van der Waals surface area contributed by atoms with Gasteiger partial charge in [0.1, 0.15) is 0 Å². The molecule has 0 atom stereocenters. The zero-order valence-electron chi connectivity index (χ0n) is 17.9. The molecule has 0 radical (unpaired) electrons. The number of nitrogens with zero attached hydrogens (tertiary/aromatic N) is 3. The van der Waals surface area contributed by atoms with E-state index >= 15 is 0 Å². The van der Waals surface area contributed by atoms with Crippen molar-refractivity contribution in [3.63, 3.8) is 0 Å². The molecule has 7 nitrogen and oxygen atoms in total. The molecule has 0 aliphatic carbocycles. The lowest BCUT2D eigenvalue weighted by atomic mass is 10.1. The number of carbonyl (C=O) groups is 1. The van der Waals surface area contributed by atoms with Crippen molar-refractivity contribution in [2.24, 2.45) is 0 Å². The zero-order valence-corrected chi connectivity index (χ0v) is 19.5. The monoisotopic (exact) mass is 462 g/mol. The van der Waals surface area contributed by atoms with E-state index in [1.165, 1.54) is 9.87 Å². The summed E-state index contributed by atoms with van der Waals surface area (Å²) in [6.45, 7) is 6.91. The van der Waals surface area contributed by atoms with Gasteiger partial charge in [0, 0.05) is 51.9 Å². The predicted molar refractivity (Wildman–Crippen MR) is 123 cm³/mol. The average molecular weight is 463 g/mol. The van der Waals surface area contributed by atoms with Crippen molar-refractivity contribution in [1.29, 1.82) is 0 Å². The normalized spacial score (nSPS) is 19.5. The lowest BCUT2D eigenvalue weighted by molar-refractivity contribution is 0.131. The SMILES string of the molecule is Cc1ccc(S(=O)(=O)N2CCC(NC(=O)N3CCN(Cc4ccsc4)CC3)CC2)cc1. The van der Waals surface area contributed by atoms with Crippen LogP contribution in [0.1, 0.15) is 24.0 Å². The Morgan fingerprint density at radius 1 is 1.03 bits per heavy atom. The summed E-state index contributed by atoms with van der Waals surface area (Å²) in [5, 5.41) is 7.38. The van der Waals surface area contributed by atoms with E-state index in [1.807, 2.05) is 24.0 Å². The predicted octanol–water partition coefficient (Wildman–Crippen LogP) is 2.74. The number of thiophene rings is 1. The molecule has 168 valence electrons. The molecule has 3 heterocycles. The summed E-state index contributed by atoms with van der Waals surface area (Å²) in [5.74, 6) is 0. The van der Waals surface area contributed by atoms with Gasteiger partial charge in [0.05, 0.1) is 4.90 Å². The largest absolute Gasteiger partial charge is 0.335 e. The third-order valence-corrected chi connectivity index (χ3v) is 8.73. The Kier molecular flexibility index (Phi) is 6.95. The van der Waals surface area contributed by atoms with Gasteiger partial charge < -0.3 is 10.2 Å². The molecule has 0 unspecified atom stereocenters. The molecule has 0 bridgehead atoms. The minimum Gasteiger partial charge on any atom is -0.335 e. The van der Waals surface area contributed by atoms with Crippen molar-refractivity contribution in [2.75, 3.05) is 39.3 Å². The molecular weight excluding hydrogens is 432 g/mol. The van der Waals surface area contributed by atoms with Crippen LogP contribution in [0.15, 0.2) is 46.0 Å². The van der Waals surface area contributed by atoms with Gasteiger partial charge in [0.15, 0.2) is 0 Å². The number of aryl methyl sites for hydroxylation is 1. The zero-order chi connectivity index (χ0) is 21.8. The van der Waals surface area contributed by atoms with Gasteiger partial charge >= 0.3 is 6.03 Å². The van der Waals surface area contributed by atoms with Crippen LogP contribution in [0, 0.1) is 6.92 Å². The highest BCUT2D eigenvalue weighted by Crippen LogP contribution is 2.21. The highest BCUT2D eigenvalue weighted by Gasteiger charge is 2.31. The molecule has 2 saturated heterocycles. The molecule has 31 heavy (non-hydrogen) atoms. The Hall–Kier alpha value is -1.94. The molecular formula is C22H30N4O3S2. The number of carbonyl (C=O) groups excluding carboxylic acids is 1. The van der Waals surface area contributed by atoms with E-state index in [1.54, 1.807) is 23.5 Å². The van der Waals surface area contributed by atoms with Crippen LogP contribution in [0.3, 0.4) is 0 Å². The molecule has 2 aliphatic rings. The first kappa shape index (κ1) is 22.3. The van der Waals surface area contributed by atoms with Gasteiger partial charge in [0.25, 0.3) is 0 Å². The van der Waals surface area contributed by atoms with E-state index in [9.17, 15) is 13.2 Å². The van der Waals surface area contributed by atoms with E-state index in [2.05, 4.69) is 27.0 Å². The number of hydrogen-bond acceptors (Lipinski definition) is 5. The molecule has 1 aromatic heterocycles. The molecule has 2 aromatic rings. The van der Waals surface area contributed by atoms with Crippen molar-refractivity contribution in [2.45, 2.75) is 37.2 Å². The summed E-state index contributed by atoms with van der Waals surface area (Å²) < 4.78 is 27.2. The Balaban J connectivity index is 1.23. The molecule has 4 rings (SSSR count). The van der Waals surface area contributed by atoms with E-state index in [0.717, 1.165) is 38.3 Å². The summed E-state index contributed by atoms with van der Waals surface area (Å²) in [6.07, 6.45) is 1.27. The summed E-state index contributed by atoms with van der Waals surface area (Å²) >= 11 is 1.71. The fourth-order valence-corrected chi connectivity index (χ4v) is 6.25. The van der Waals surface area contributed by atoms with Crippen LogP contribution in [0.25, 0.3) is 0 Å². The quantitative estimate of drug-likeness (QED) is 0.742. The van der Waals surface area contributed by atoms with Crippen molar-refractivity contribution in [3.8, 4) is 0 Å². The van der Waals surface area contributed by atoms with Crippen LogP contribution in [-0.2, 0) is 16.6 Å². The second kappa shape index (κ2) is 9.68. The highest BCUT2D eigenvalue weighted by atomic mass is 32.2. The van der Waals surface area contributed by atoms with E-state index in [0.29, 0.717) is 30.8 Å². The summed E-state index contributed by atoms with van der Waals surface area (Å²) in [4.78, 5) is 17.3. The third kappa shape index (κ3) is 5.46. The Morgan fingerprint density at radius 2 is 1.71 bits per heavy atom. The minimum atomic E-state index is -3.47. The lowest BCUT2D eigenvalue weighted by Crippen LogP contribution is -2.54. The number of piperidine rings is 1. The number of rotatable bonds is 5. The van der Waals surface area contributed by atoms with Gasteiger partial charge in [-0.1, -0.05) is 17.7 Å². The van der Waals surface area contributed by atoms with E-state index < -0.39 is 10.0 Å². The molecule has 1 N–H and O–H groups in total. The fourth-order valence-electron chi connectivity index (χ4n) is 4.12. The summed E-state index contributed by atoms with van der Waals surface area (Å²) in [7, 11) is -3.47. The van der Waals surface area contributed by atoms with Gasteiger partial charge in [-0.15, -0.1) is 0 Å². The summed E-state index contributed by atoms with van der Waals surface area (Å²) in [5.41, 5.74) is 2.36. The van der Waals surface area contributed by atoms with Crippen LogP contribution in [-0.4, -0.2) is 73.9 Å². The van der Waals surface area contributed by atoms with Gasteiger partial charge in [-0.2, -0.15) is 15.6 Å². The number of sulfonamides is 1. The Bertz CT molecular complexity index is 961. The number of nitrogens with one attached hydrogen (secondary N) is 1. The van der Waals surface area contributed by atoms with Gasteiger partial charge in [0.2, 0.25) is 10.0 Å². The molecule has 0 saturated carbocycles. The maximum Gasteiger partial charge on any atom is 0.317 e. The minimum absolute atomic E-state index is 0.0146. The Morgan fingerprint density at radius 3 is 2.32 bits per heavy atom. The van der Waals surface area contributed by atoms with Crippen LogP contribution >= 0.6 is 11.3 Å². The number of urea groups is 1. The van der Waals surface area contributed by atoms with Crippen molar-refractivity contribution in [1.82, 2.24) is 19.4 Å². The van der Waals surface area contributed by atoms with Crippen molar-refractivity contribution >= 4 is 27.4 Å². The first-order chi connectivity index (χ1) is 14.9. The maximum absolute atomic E-state index is 12.8. The highest BCUT2D eigenvalue weighted by molar-refractivity contribution is 7.89. The van der Waals surface area contributed by atoms with E-state index in [-0.39, 0.29) is 12.1 Å². The van der Waals surface area contributed by atoms with Gasteiger partial charge in [-0.25, -0.2) is 13.2 Å². The molecule has 2 amide bonds. The van der Waals surface area contributed by atoms with Crippen molar-refractivity contribution in [3.05, 3.63) is 52.2 Å². The fraction of sp³-hybridized carbons (Fsp3) is 0.500. The number of hydrogen-bond donors (Lipinski definition) is 1. The van der Waals surface area contributed by atoms with Crippen LogP contribution in [0.5, 0.6) is 0 Å². The van der Waals surface area contributed by atoms with Gasteiger partial charge in [-0.05, 0) is 54.3 Å². The third-order valence-electron chi connectivity index (χ3n) is 6.09. The second-order valence-corrected chi connectivity index (χ2v) is 11.1. The first-order valence-corrected chi connectivity index (χ1v) is 13.2. The first-order valence-electron chi connectivity index (χ1n) is 10.8. The smallest absolute Gasteiger partial charge is 0.317 e. The van der Waals surface area contributed by atoms with Crippen LogP contribution in [0.2, 0.25) is 0 Å². The number of benzene rings is 1. The van der Waals surface area contributed by atoms with E-state index in [4.69, 9.17) is 0 Å². The maximum atomic E-state index is 12.8. The topological polar surface area (TPSA) is 73.0 Å². The van der Waals surface area contributed by atoms with Crippen LogP contribution in [0.4, 0.5) is 4.79 Å². The molecule has 2 aliphatic heterocycles. The van der Waals surface area contributed by atoms with Gasteiger partial charge in [-0.3, -0.25) is 4.90 Å². The summed E-state index contributed by atoms with van der Waals surface area (Å²) in [6, 6.07) is 9.10. The Labute approximate surface area is 188 Å². The van der Waals surface area contributed by atoms with Crippen molar-refractivity contribution < 1.29 is 13.2 Å². The molecule has 9 heteroatoms. The lowest BCUT2D eigenvalue weighted by Gasteiger charge is -2.37. The molecule has 1 aromatic carbocycles. The average Bonchev–Trinajstić information content (AvgIpc) is 3.28. The number of piperazine rings is 1. The number of amides is 2. The molecule has 2 fully saturated rings. The van der Waals surface area contributed by atoms with Crippen LogP contribution < -0.4 is 5.32 Å². The second-order valence-electron chi connectivity index (χ2n) is 8.34. The molecule has 0 spiro atoms. The standard InChI is InChI=1S/C22H30N4O3S2/c1-18-2-4-21(5-3-18)31(28,29)26-9-6-20(7-10-26)23-22(27)25-13-11-24(12-14-25)16-19-8-15-30-17-19/h2-5,8,15,17,20H,6-7,9-14,16H2,1H3,(H,23,27).